The number of hydrogen-bond donors (Lipinski definition) is 2. The van der Waals surface area contributed by atoms with Crippen molar-refractivity contribution in [3.05, 3.63) is 35.4 Å². The molecular weight excluding hydrogens is 282 g/mol. The van der Waals surface area contributed by atoms with Crippen molar-refractivity contribution in [2.45, 2.75) is 39.2 Å². The molecule has 0 aliphatic rings. The molecule has 0 heterocycles. The average molecular weight is 307 g/mol. The van der Waals surface area contributed by atoms with Gasteiger partial charge in [-0.1, -0.05) is 36.8 Å². The van der Waals surface area contributed by atoms with Gasteiger partial charge in [-0.15, -0.1) is 0 Å². The summed E-state index contributed by atoms with van der Waals surface area (Å²) >= 11 is 0. The fourth-order valence-corrected chi connectivity index (χ4v) is 2.37. The number of aliphatic carboxylic acids is 1. The van der Waals surface area contributed by atoms with E-state index in [1.807, 2.05) is 38.1 Å². The van der Waals surface area contributed by atoms with Gasteiger partial charge in [-0.3, -0.25) is 9.59 Å². The van der Waals surface area contributed by atoms with Crippen LogP contribution in [0, 0.1) is 12.8 Å². The van der Waals surface area contributed by atoms with Crippen LogP contribution in [0.3, 0.4) is 0 Å². The summed E-state index contributed by atoms with van der Waals surface area (Å²) in [7, 11) is 1.49. The Morgan fingerprint density at radius 2 is 1.91 bits per heavy atom. The van der Waals surface area contributed by atoms with E-state index in [1.165, 1.54) is 12.7 Å². The van der Waals surface area contributed by atoms with Gasteiger partial charge in [-0.25, -0.2) is 0 Å². The molecule has 0 bridgehead atoms. The average Bonchev–Trinajstić information content (AvgIpc) is 2.40. The van der Waals surface area contributed by atoms with Crippen molar-refractivity contribution >= 4 is 11.9 Å². The maximum absolute atomic E-state index is 12.3. The van der Waals surface area contributed by atoms with Crippen LogP contribution >= 0.6 is 0 Å². The van der Waals surface area contributed by atoms with Crippen LogP contribution in [0.25, 0.3) is 0 Å². The first-order valence-electron chi connectivity index (χ1n) is 7.34. The Kier molecular flexibility index (Phi) is 6.56. The van der Waals surface area contributed by atoms with Gasteiger partial charge >= 0.3 is 5.97 Å². The highest BCUT2D eigenvalue weighted by Gasteiger charge is 2.31. The molecule has 122 valence electrons. The minimum atomic E-state index is -0.967. The van der Waals surface area contributed by atoms with E-state index in [4.69, 9.17) is 9.84 Å². The molecule has 22 heavy (non-hydrogen) atoms. The Morgan fingerprint density at radius 1 is 1.32 bits per heavy atom. The van der Waals surface area contributed by atoms with Gasteiger partial charge in [0.25, 0.3) is 0 Å². The van der Waals surface area contributed by atoms with Crippen LogP contribution < -0.4 is 5.32 Å². The zero-order valence-electron chi connectivity index (χ0n) is 13.7. The van der Waals surface area contributed by atoms with Crippen LogP contribution in [-0.2, 0) is 20.7 Å². The highest BCUT2D eigenvalue weighted by Crippen LogP contribution is 2.15. The third kappa shape index (κ3) is 5.85. The van der Waals surface area contributed by atoms with E-state index in [0.29, 0.717) is 6.42 Å². The fraction of sp³-hybridized carbons (Fsp3) is 0.529. The van der Waals surface area contributed by atoms with Gasteiger partial charge in [0.1, 0.15) is 0 Å². The molecule has 2 atom stereocenters. The number of amides is 1. The zero-order chi connectivity index (χ0) is 16.8. The number of hydrogen-bond acceptors (Lipinski definition) is 3. The van der Waals surface area contributed by atoms with Gasteiger partial charge < -0.3 is 15.2 Å². The van der Waals surface area contributed by atoms with Crippen LogP contribution in [0.1, 0.15) is 31.4 Å². The summed E-state index contributed by atoms with van der Waals surface area (Å²) in [5.41, 5.74) is 1.36. The van der Waals surface area contributed by atoms with E-state index in [0.717, 1.165) is 5.56 Å². The summed E-state index contributed by atoms with van der Waals surface area (Å²) in [6, 6.07) is 8.04. The molecule has 1 rings (SSSR count). The molecule has 0 aromatic heterocycles. The SMILES string of the molecule is COCC(C)(CC(=O)O)NC(=O)C(C)Cc1ccc(C)cc1. The van der Waals surface area contributed by atoms with E-state index in [-0.39, 0.29) is 24.9 Å². The summed E-state index contributed by atoms with van der Waals surface area (Å²) in [5, 5.41) is 11.8. The number of nitrogens with one attached hydrogen (secondary N) is 1. The molecule has 1 aromatic rings. The number of aryl methyl sites for hydroxylation is 1. The first-order chi connectivity index (χ1) is 10.3. The van der Waals surface area contributed by atoms with Crippen molar-refractivity contribution in [3.8, 4) is 0 Å². The number of carboxylic acid groups (broad SMARTS) is 1. The summed E-state index contributed by atoms with van der Waals surface area (Å²) in [6.45, 7) is 5.69. The largest absolute Gasteiger partial charge is 0.481 e. The minimum absolute atomic E-state index is 0.155. The summed E-state index contributed by atoms with van der Waals surface area (Å²) in [4.78, 5) is 23.3. The van der Waals surface area contributed by atoms with Crippen LogP contribution in [-0.4, -0.2) is 36.2 Å². The smallest absolute Gasteiger partial charge is 0.305 e. The van der Waals surface area contributed by atoms with E-state index in [9.17, 15) is 9.59 Å². The third-order valence-corrected chi connectivity index (χ3v) is 3.54. The molecule has 0 saturated carbocycles. The molecular formula is C17H25NO4. The highest BCUT2D eigenvalue weighted by molar-refractivity contribution is 5.80. The molecule has 2 N–H and O–H groups in total. The number of carbonyl (C=O) groups is 2. The molecule has 0 aliphatic carbocycles. The van der Waals surface area contributed by atoms with Crippen LogP contribution in [0.2, 0.25) is 0 Å². The molecule has 1 aromatic carbocycles. The molecule has 0 saturated heterocycles. The van der Waals surface area contributed by atoms with Gasteiger partial charge in [0.05, 0.1) is 18.6 Å². The monoisotopic (exact) mass is 307 g/mol. The molecule has 1 amide bonds. The fourth-order valence-electron chi connectivity index (χ4n) is 2.37. The standard InChI is InChI=1S/C17H25NO4/c1-12-5-7-14(8-6-12)9-13(2)16(21)18-17(3,11-22-4)10-15(19)20/h5-8,13H,9-11H2,1-4H3,(H,18,21)(H,19,20). The molecule has 5 nitrogen and oxygen atoms in total. The Morgan fingerprint density at radius 3 is 2.41 bits per heavy atom. The second-order valence-electron chi connectivity index (χ2n) is 6.14. The third-order valence-electron chi connectivity index (χ3n) is 3.54. The number of benzene rings is 1. The van der Waals surface area contributed by atoms with Crippen molar-refractivity contribution in [2.75, 3.05) is 13.7 Å². The summed E-state index contributed by atoms with van der Waals surface area (Å²) < 4.78 is 5.04. The van der Waals surface area contributed by atoms with E-state index in [1.54, 1.807) is 6.92 Å². The summed E-state index contributed by atoms with van der Waals surface area (Å²) in [6.07, 6.45) is 0.437. The number of ether oxygens (including phenoxy) is 1. The van der Waals surface area contributed by atoms with Crippen molar-refractivity contribution < 1.29 is 19.4 Å². The molecule has 0 radical (unpaired) electrons. The van der Waals surface area contributed by atoms with Crippen molar-refractivity contribution in [2.24, 2.45) is 5.92 Å². The van der Waals surface area contributed by atoms with E-state index >= 15 is 0 Å². The van der Waals surface area contributed by atoms with Gasteiger partial charge in [0, 0.05) is 13.0 Å². The quantitative estimate of drug-likeness (QED) is 0.772. The number of methoxy groups -OCH3 is 1. The van der Waals surface area contributed by atoms with E-state index in [2.05, 4.69) is 5.32 Å². The molecule has 0 spiro atoms. The number of carboxylic acids is 1. The van der Waals surface area contributed by atoms with E-state index < -0.39 is 11.5 Å². The van der Waals surface area contributed by atoms with Crippen molar-refractivity contribution in [1.29, 1.82) is 0 Å². The number of carbonyl (C=O) groups excluding carboxylic acids is 1. The first kappa shape index (κ1) is 18.2. The van der Waals surface area contributed by atoms with Gasteiger partial charge in [-0.05, 0) is 25.8 Å². The second-order valence-corrected chi connectivity index (χ2v) is 6.14. The molecule has 0 fully saturated rings. The van der Waals surface area contributed by atoms with Gasteiger partial charge in [-0.2, -0.15) is 0 Å². The van der Waals surface area contributed by atoms with Gasteiger partial charge in [0.2, 0.25) is 5.91 Å². The lowest BCUT2D eigenvalue weighted by Crippen LogP contribution is -2.52. The van der Waals surface area contributed by atoms with Crippen molar-refractivity contribution in [3.63, 3.8) is 0 Å². The Labute approximate surface area is 131 Å². The predicted molar refractivity (Wildman–Crippen MR) is 84.7 cm³/mol. The Bertz CT molecular complexity index is 512. The van der Waals surface area contributed by atoms with Crippen LogP contribution in [0.4, 0.5) is 0 Å². The maximum atomic E-state index is 12.3. The molecule has 5 heteroatoms. The Hall–Kier alpha value is -1.88. The molecule has 0 aliphatic heterocycles. The lowest BCUT2D eigenvalue weighted by molar-refractivity contribution is -0.140. The van der Waals surface area contributed by atoms with Crippen molar-refractivity contribution in [1.82, 2.24) is 5.32 Å². The summed E-state index contributed by atoms with van der Waals surface area (Å²) in [5.74, 6) is -1.37. The normalized spacial score (nSPS) is 14.9. The number of rotatable bonds is 8. The highest BCUT2D eigenvalue weighted by atomic mass is 16.5. The second kappa shape index (κ2) is 7.94. The lowest BCUT2D eigenvalue weighted by atomic mass is 9.95. The van der Waals surface area contributed by atoms with Crippen LogP contribution in [0.5, 0.6) is 0 Å². The lowest BCUT2D eigenvalue weighted by Gasteiger charge is -2.30. The maximum Gasteiger partial charge on any atom is 0.305 e. The zero-order valence-corrected chi connectivity index (χ0v) is 13.7. The van der Waals surface area contributed by atoms with Crippen LogP contribution in [0.15, 0.2) is 24.3 Å². The first-order valence-corrected chi connectivity index (χ1v) is 7.34. The minimum Gasteiger partial charge on any atom is -0.481 e. The molecule has 2 unspecified atom stereocenters. The Balaban J connectivity index is 2.68. The van der Waals surface area contributed by atoms with Gasteiger partial charge in [0.15, 0.2) is 0 Å². The predicted octanol–water partition coefficient (Wildman–Crippen LogP) is 2.17. The topological polar surface area (TPSA) is 75.6 Å².